The van der Waals surface area contributed by atoms with E-state index in [2.05, 4.69) is 15.1 Å². The minimum Gasteiger partial charge on any atom is -0.461 e. The zero-order chi connectivity index (χ0) is 17.1. The number of nitrogens with zero attached hydrogens (tertiary/aromatic N) is 4. The van der Waals surface area contributed by atoms with Gasteiger partial charge in [-0.05, 0) is 35.4 Å². The Morgan fingerprint density at radius 3 is 2.72 bits per heavy atom. The van der Waals surface area contributed by atoms with E-state index in [1.165, 1.54) is 0 Å². The van der Waals surface area contributed by atoms with E-state index in [-0.39, 0.29) is 0 Å². The highest BCUT2D eigenvalue weighted by atomic mass is 35.5. The molecule has 6 heteroatoms. The lowest BCUT2D eigenvalue weighted by Crippen LogP contribution is -2.08. The molecule has 4 aromatic rings. The summed E-state index contributed by atoms with van der Waals surface area (Å²) in [6.45, 7) is 0.585. The summed E-state index contributed by atoms with van der Waals surface area (Å²) < 4.78 is 7.31. The molecule has 4 rings (SSSR count). The van der Waals surface area contributed by atoms with Crippen LogP contribution in [0.3, 0.4) is 0 Å². The summed E-state index contributed by atoms with van der Waals surface area (Å²) in [4.78, 5) is 8.83. The predicted octanol–water partition coefficient (Wildman–Crippen LogP) is 4.23. The number of aromatic nitrogens is 4. The van der Waals surface area contributed by atoms with E-state index in [1.54, 1.807) is 12.5 Å². The van der Waals surface area contributed by atoms with Gasteiger partial charge in [0.05, 0.1) is 12.8 Å². The highest BCUT2D eigenvalue weighted by molar-refractivity contribution is 6.31. The van der Waals surface area contributed by atoms with Crippen molar-refractivity contribution in [3.05, 3.63) is 89.2 Å². The van der Waals surface area contributed by atoms with Crippen molar-refractivity contribution in [2.45, 2.75) is 13.0 Å². The van der Waals surface area contributed by atoms with Crippen molar-refractivity contribution in [2.24, 2.45) is 0 Å². The molecule has 3 aromatic heterocycles. The van der Waals surface area contributed by atoms with Crippen molar-refractivity contribution < 1.29 is 4.42 Å². The number of hydrogen-bond acceptors (Lipinski definition) is 4. The number of halogens is 1. The largest absolute Gasteiger partial charge is 0.461 e. The van der Waals surface area contributed by atoms with Gasteiger partial charge in [0.25, 0.3) is 0 Å². The monoisotopic (exact) mass is 350 g/mol. The van der Waals surface area contributed by atoms with Crippen molar-refractivity contribution >= 4 is 11.6 Å². The third kappa shape index (κ3) is 3.46. The summed E-state index contributed by atoms with van der Waals surface area (Å²) in [7, 11) is 0. The third-order valence-corrected chi connectivity index (χ3v) is 4.22. The van der Waals surface area contributed by atoms with Crippen molar-refractivity contribution in [3.63, 3.8) is 0 Å². The maximum Gasteiger partial charge on any atom is 0.217 e. The van der Waals surface area contributed by atoms with Gasteiger partial charge in [0.15, 0.2) is 5.76 Å². The van der Waals surface area contributed by atoms with E-state index in [9.17, 15) is 0 Å². The van der Waals surface area contributed by atoms with Gasteiger partial charge in [0, 0.05) is 23.8 Å². The summed E-state index contributed by atoms with van der Waals surface area (Å²) >= 11 is 6.31. The van der Waals surface area contributed by atoms with Gasteiger partial charge in [0.2, 0.25) is 5.82 Å². The van der Waals surface area contributed by atoms with E-state index in [0.717, 1.165) is 22.0 Å². The summed E-state index contributed by atoms with van der Waals surface area (Å²) in [6.07, 6.45) is 5.79. The minimum absolute atomic E-state index is 0.566. The fourth-order valence-corrected chi connectivity index (χ4v) is 2.82. The second-order valence-corrected chi connectivity index (χ2v) is 6.02. The molecule has 0 saturated heterocycles. The zero-order valence-electron chi connectivity index (χ0n) is 13.3. The van der Waals surface area contributed by atoms with Crippen molar-refractivity contribution in [1.82, 2.24) is 19.7 Å². The molecule has 0 saturated carbocycles. The first-order valence-corrected chi connectivity index (χ1v) is 8.27. The van der Waals surface area contributed by atoms with Crippen molar-refractivity contribution in [3.8, 4) is 11.6 Å². The molecular weight excluding hydrogens is 336 g/mol. The Morgan fingerprint density at radius 1 is 1.04 bits per heavy atom. The molecule has 3 heterocycles. The Bertz CT molecular complexity index is 964. The summed E-state index contributed by atoms with van der Waals surface area (Å²) in [5.74, 6) is 2.03. The van der Waals surface area contributed by atoms with Crippen LogP contribution in [0.1, 0.15) is 17.0 Å². The third-order valence-electron chi connectivity index (χ3n) is 3.85. The van der Waals surface area contributed by atoms with Crippen LogP contribution in [0.4, 0.5) is 0 Å². The normalized spacial score (nSPS) is 10.9. The minimum atomic E-state index is 0.566. The van der Waals surface area contributed by atoms with Crippen LogP contribution in [-0.4, -0.2) is 19.7 Å². The molecule has 0 fully saturated rings. The number of rotatable bonds is 5. The maximum atomic E-state index is 6.31. The smallest absolute Gasteiger partial charge is 0.217 e. The highest BCUT2D eigenvalue weighted by Gasteiger charge is 2.15. The first-order chi connectivity index (χ1) is 12.3. The molecule has 0 aliphatic carbocycles. The van der Waals surface area contributed by atoms with E-state index in [0.29, 0.717) is 24.6 Å². The van der Waals surface area contributed by atoms with Crippen LogP contribution in [-0.2, 0) is 13.0 Å². The lowest BCUT2D eigenvalue weighted by molar-refractivity contribution is 0.574. The number of pyridine rings is 1. The maximum absolute atomic E-state index is 6.31. The van der Waals surface area contributed by atoms with Crippen LogP contribution < -0.4 is 0 Å². The number of hydrogen-bond donors (Lipinski definition) is 0. The van der Waals surface area contributed by atoms with Gasteiger partial charge in [-0.1, -0.05) is 35.9 Å². The molecule has 25 heavy (non-hydrogen) atoms. The second kappa shape index (κ2) is 6.91. The number of benzene rings is 1. The van der Waals surface area contributed by atoms with Gasteiger partial charge in [-0.25, -0.2) is 9.67 Å². The highest BCUT2D eigenvalue weighted by Crippen LogP contribution is 2.21. The average molecular weight is 351 g/mol. The van der Waals surface area contributed by atoms with Crippen LogP contribution in [0.15, 0.2) is 71.6 Å². The number of furan rings is 1. The van der Waals surface area contributed by atoms with E-state index < -0.39 is 0 Å². The van der Waals surface area contributed by atoms with Crippen LogP contribution in [0.5, 0.6) is 0 Å². The topological polar surface area (TPSA) is 56.7 Å². The molecular formula is C19H15ClN4O. The van der Waals surface area contributed by atoms with Crippen LogP contribution in [0.2, 0.25) is 5.02 Å². The first-order valence-electron chi connectivity index (χ1n) is 7.89. The van der Waals surface area contributed by atoms with Gasteiger partial charge >= 0.3 is 0 Å². The molecule has 5 nitrogen and oxygen atoms in total. The van der Waals surface area contributed by atoms with Crippen LogP contribution >= 0.6 is 11.6 Å². The Morgan fingerprint density at radius 2 is 1.96 bits per heavy atom. The Balaban J connectivity index is 1.71. The molecule has 0 amide bonds. The SMILES string of the molecule is Clc1ccccc1Cc1nc(-c2ccco2)nn1Cc1cccnc1. The van der Waals surface area contributed by atoms with Gasteiger partial charge in [0.1, 0.15) is 5.82 Å². The molecule has 0 aliphatic rings. The molecule has 124 valence electrons. The molecule has 0 N–H and O–H groups in total. The van der Waals surface area contributed by atoms with Crippen molar-refractivity contribution in [2.75, 3.05) is 0 Å². The Kier molecular flexibility index (Phi) is 4.31. The fraction of sp³-hybridized carbons (Fsp3) is 0.105. The van der Waals surface area contributed by atoms with Gasteiger partial charge in [-0.2, -0.15) is 0 Å². The predicted molar refractivity (Wildman–Crippen MR) is 95.3 cm³/mol. The van der Waals surface area contributed by atoms with Gasteiger partial charge in [-0.3, -0.25) is 4.98 Å². The van der Waals surface area contributed by atoms with E-state index in [1.807, 2.05) is 59.4 Å². The molecule has 0 bridgehead atoms. The zero-order valence-corrected chi connectivity index (χ0v) is 14.1. The molecule has 0 spiro atoms. The first kappa shape index (κ1) is 15.6. The summed E-state index contributed by atoms with van der Waals surface area (Å²) in [5, 5.41) is 5.34. The quantitative estimate of drug-likeness (QED) is 0.540. The molecule has 1 aromatic carbocycles. The molecule has 0 aliphatic heterocycles. The fourth-order valence-electron chi connectivity index (χ4n) is 2.62. The lowest BCUT2D eigenvalue weighted by Gasteiger charge is -2.07. The van der Waals surface area contributed by atoms with E-state index >= 15 is 0 Å². The van der Waals surface area contributed by atoms with Crippen molar-refractivity contribution in [1.29, 1.82) is 0 Å². The lowest BCUT2D eigenvalue weighted by atomic mass is 10.1. The standard InChI is InChI=1S/C19H15ClN4O/c20-16-7-2-1-6-15(16)11-18-22-19(17-8-4-10-25-17)23-24(18)13-14-5-3-9-21-12-14/h1-10,12H,11,13H2. The summed E-state index contributed by atoms with van der Waals surface area (Å²) in [5.41, 5.74) is 2.06. The second-order valence-electron chi connectivity index (χ2n) is 5.62. The Hall–Kier alpha value is -2.92. The molecule has 0 radical (unpaired) electrons. The Labute approximate surface area is 149 Å². The van der Waals surface area contributed by atoms with Crippen LogP contribution in [0, 0.1) is 0 Å². The van der Waals surface area contributed by atoms with Gasteiger partial charge < -0.3 is 4.42 Å². The molecule has 0 unspecified atom stereocenters. The van der Waals surface area contributed by atoms with E-state index in [4.69, 9.17) is 16.0 Å². The van der Waals surface area contributed by atoms with Crippen LogP contribution in [0.25, 0.3) is 11.6 Å². The van der Waals surface area contributed by atoms with Gasteiger partial charge in [-0.15, -0.1) is 5.10 Å². The average Bonchev–Trinajstić information content (AvgIpc) is 3.28. The summed E-state index contributed by atoms with van der Waals surface area (Å²) in [6, 6.07) is 15.4. The molecule has 0 atom stereocenters.